The topological polar surface area (TPSA) is 20.3 Å². The fraction of sp³-hybridized carbons (Fsp3) is 0.909. The van der Waals surface area contributed by atoms with Gasteiger partial charge in [-0.1, -0.05) is 43.0 Å². The van der Waals surface area contributed by atoms with Gasteiger partial charge in [-0.2, -0.15) is 0 Å². The zero-order valence-corrected chi connectivity index (χ0v) is 11.7. The van der Waals surface area contributed by atoms with Crippen molar-refractivity contribution in [2.45, 2.75) is 42.3 Å². The molecule has 0 aromatic heterocycles. The Kier molecular flexibility index (Phi) is 3.97. The molecule has 2 unspecified atom stereocenters. The zero-order chi connectivity index (χ0) is 11.8. The third-order valence-corrected chi connectivity index (χ3v) is 5.86. The number of carbonyl (C=O) groups excluding carboxylic acids is 1. The second-order valence-corrected chi connectivity index (χ2v) is 7.13. The lowest BCUT2D eigenvalue weighted by atomic mass is 9.84. The highest BCUT2D eigenvalue weighted by Gasteiger charge is 2.49. The van der Waals surface area contributed by atoms with Crippen LogP contribution in [0.5, 0.6) is 0 Å². The van der Waals surface area contributed by atoms with Crippen LogP contribution < -0.4 is 0 Å². The Bertz CT molecular complexity index is 287. The summed E-state index contributed by atoms with van der Waals surface area (Å²) >= 11 is 13.4. The molecule has 1 saturated heterocycles. The molecule has 2 nitrogen and oxygen atoms in total. The lowest BCUT2D eigenvalue weighted by Gasteiger charge is -2.45. The molecule has 1 heterocycles. The summed E-state index contributed by atoms with van der Waals surface area (Å²) in [6.45, 7) is 3.04. The molecule has 92 valence electrons. The van der Waals surface area contributed by atoms with Crippen molar-refractivity contribution in [3.8, 4) is 0 Å². The Labute approximate surface area is 111 Å². The first-order valence-electron chi connectivity index (χ1n) is 5.81. The summed E-state index contributed by atoms with van der Waals surface area (Å²) in [4.78, 5) is 13.0. The summed E-state index contributed by atoms with van der Waals surface area (Å²) < 4.78 is 0. The Morgan fingerprint density at radius 1 is 1.50 bits per heavy atom. The summed E-state index contributed by atoms with van der Waals surface area (Å²) in [6.07, 6.45) is 4.77. The standard InChI is InChI=1S/C11H17Cl2NOS/c1-8-4-2-3-5-11(8)14(6-7-16-11)10(15)9(12)13/h8-9H,2-7H2,1H3. The number of rotatable bonds is 1. The van der Waals surface area contributed by atoms with Gasteiger partial charge in [0, 0.05) is 12.3 Å². The van der Waals surface area contributed by atoms with Crippen LogP contribution in [0.2, 0.25) is 0 Å². The van der Waals surface area contributed by atoms with Crippen molar-refractivity contribution in [3.63, 3.8) is 0 Å². The van der Waals surface area contributed by atoms with Crippen molar-refractivity contribution < 1.29 is 4.79 Å². The summed E-state index contributed by atoms with van der Waals surface area (Å²) in [7, 11) is 0. The maximum absolute atomic E-state index is 12.0. The molecule has 2 atom stereocenters. The van der Waals surface area contributed by atoms with Crippen LogP contribution >= 0.6 is 35.0 Å². The van der Waals surface area contributed by atoms with Gasteiger partial charge in [0.1, 0.15) is 0 Å². The molecule has 5 heteroatoms. The highest BCUT2D eigenvalue weighted by molar-refractivity contribution is 8.00. The minimum Gasteiger partial charge on any atom is -0.325 e. The highest BCUT2D eigenvalue weighted by Crippen LogP contribution is 2.50. The zero-order valence-electron chi connectivity index (χ0n) is 9.42. The van der Waals surface area contributed by atoms with Crippen LogP contribution in [-0.4, -0.2) is 32.8 Å². The molecule has 1 spiro atoms. The largest absolute Gasteiger partial charge is 0.325 e. The van der Waals surface area contributed by atoms with Crippen molar-refractivity contribution in [3.05, 3.63) is 0 Å². The van der Waals surface area contributed by atoms with Crippen molar-refractivity contribution in [2.75, 3.05) is 12.3 Å². The smallest absolute Gasteiger partial charge is 0.257 e. The molecule has 2 fully saturated rings. The summed E-state index contributed by atoms with van der Waals surface area (Å²) in [5.41, 5.74) is 0. The molecule has 0 aromatic carbocycles. The van der Waals surface area contributed by atoms with Gasteiger partial charge in [-0.05, 0) is 18.8 Å². The van der Waals surface area contributed by atoms with E-state index >= 15 is 0 Å². The van der Waals surface area contributed by atoms with Crippen molar-refractivity contribution in [1.82, 2.24) is 4.90 Å². The predicted octanol–water partition coefficient (Wildman–Crippen LogP) is 3.27. The minimum absolute atomic E-state index is 0.0165. The fourth-order valence-corrected chi connectivity index (χ4v) is 4.80. The van der Waals surface area contributed by atoms with E-state index < -0.39 is 4.84 Å². The van der Waals surface area contributed by atoms with E-state index in [4.69, 9.17) is 23.2 Å². The Morgan fingerprint density at radius 2 is 2.25 bits per heavy atom. The van der Waals surface area contributed by atoms with Crippen molar-refractivity contribution in [2.24, 2.45) is 5.92 Å². The van der Waals surface area contributed by atoms with Crippen LogP contribution in [0, 0.1) is 5.92 Å². The average Bonchev–Trinajstić information content (AvgIpc) is 2.66. The molecular weight excluding hydrogens is 265 g/mol. The Hall–Kier alpha value is 0.400. The van der Waals surface area contributed by atoms with Crippen LogP contribution in [-0.2, 0) is 4.79 Å². The number of halogens is 2. The molecule has 1 aliphatic heterocycles. The van der Waals surface area contributed by atoms with Crippen molar-refractivity contribution in [1.29, 1.82) is 0 Å². The van der Waals surface area contributed by atoms with Gasteiger partial charge in [-0.15, -0.1) is 11.8 Å². The third-order valence-electron chi connectivity index (χ3n) is 3.77. The summed E-state index contributed by atoms with van der Waals surface area (Å²) in [5, 5.41) is 0. The van der Waals surface area contributed by atoms with E-state index in [9.17, 15) is 4.79 Å². The SMILES string of the molecule is CC1CCCCC12SCCN2C(=O)C(Cl)Cl. The lowest BCUT2D eigenvalue weighted by Crippen LogP contribution is -2.52. The molecular formula is C11H17Cl2NOS. The molecule has 0 N–H and O–H groups in total. The summed E-state index contributed by atoms with van der Waals surface area (Å²) in [5.74, 6) is 1.45. The number of hydrogen-bond donors (Lipinski definition) is 0. The summed E-state index contributed by atoms with van der Waals surface area (Å²) in [6, 6.07) is 0. The molecule has 0 bridgehead atoms. The maximum Gasteiger partial charge on any atom is 0.257 e. The number of hydrogen-bond acceptors (Lipinski definition) is 2. The van der Waals surface area contributed by atoms with Crippen LogP contribution in [0.25, 0.3) is 0 Å². The van der Waals surface area contributed by atoms with Crippen LogP contribution in [0.4, 0.5) is 0 Å². The average molecular weight is 282 g/mol. The molecule has 1 saturated carbocycles. The van der Waals surface area contributed by atoms with E-state index in [1.54, 1.807) is 0 Å². The monoisotopic (exact) mass is 281 g/mol. The van der Waals surface area contributed by atoms with Gasteiger partial charge >= 0.3 is 0 Å². The number of alkyl halides is 2. The maximum atomic E-state index is 12.0. The van der Waals surface area contributed by atoms with Crippen LogP contribution in [0.1, 0.15) is 32.6 Å². The fourth-order valence-electron chi connectivity index (χ4n) is 2.91. The highest BCUT2D eigenvalue weighted by atomic mass is 35.5. The number of thioether (sulfide) groups is 1. The Morgan fingerprint density at radius 3 is 2.88 bits per heavy atom. The van der Waals surface area contributed by atoms with Gasteiger partial charge in [0.05, 0.1) is 4.87 Å². The molecule has 0 radical (unpaired) electrons. The van der Waals surface area contributed by atoms with Gasteiger partial charge in [0.2, 0.25) is 0 Å². The van der Waals surface area contributed by atoms with Crippen LogP contribution in [0.3, 0.4) is 0 Å². The van der Waals surface area contributed by atoms with E-state index in [1.807, 2.05) is 16.7 Å². The van der Waals surface area contributed by atoms with E-state index in [2.05, 4.69) is 6.92 Å². The van der Waals surface area contributed by atoms with Crippen molar-refractivity contribution >= 4 is 40.9 Å². The third kappa shape index (κ3) is 2.06. The van der Waals surface area contributed by atoms with E-state index in [0.29, 0.717) is 5.92 Å². The van der Waals surface area contributed by atoms with Gasteiger partial charge in [-0.3, -0.25) is 4.79 Å². The van der Waals surface area contributed by atoms with Gasteiger partial charge < -0.3 is 4.90 Å². The molecule has 2 rings (SSSR count). The number of carbonyl (C=O) groups is 1. The molecule has 16 heavy (non-hydrogen) atoms. The second kappa shape index (κ2) is 4.95. The first kappa shape index (κ1) is 12.8. The molecule has 2 aliphatic rings. The number of amides is 1. The van der Waals surface area contributed by atoms with Crippen LogP contribution in [0.15, 0.2) is 0 Å². The minimum atomic E-state index is -0.912. The van der Waals surface area contributed by atoms with Gasteiger partial charge in [-0.25, -0.2) is 0 Å². The number of nitrogens with zero attached hydrogens (tertiary/aromatic N) is 1. The molecule has 1 amide bonds. The first-order chi connectivity index (χ1) is 7.58. The lowest BCUT2D eigenvalue weighted by molar-refractivity contribution is -0.133. The first-order valence-corrected chi connectivity index (χ1v) is 7.67. The van der Waals surface area contributed by atoms with Gasteiger partial charge in [0.25, 0.3) is 5.91 Å². The molecule has 1 aliphatic carbocycles. The Balaban J connectivity index is 2.21. The quantitative estimate of drug-likeness (QED) is 0.688. The van der Waals surface area contributed by atoms with E-state index in [-0.39, 0.29) is 10.8 Å². The van der Waals surface area contributed by atoms with E-state index in [0.717, 1.165) is 18.7 Å². The van der Waals surface area contributed by atoms with Gasteiger partial charge in [0.15, 0.2) is 4.84 Å². The normalized spacial score (nSPS) is 35.0. The van der Waals surface area contributed by atoms with E-state index in [1.165, 1.54) is 19.3 Å². The second-order valence-electron chi connectivity index (χ2n) is 4.63. The molecule has 0 aromatic rings. The predicted molar refractivity (Wildman–Crippen MR) is 70.0 cm³/mol.